The number of rotatable bonds is 6. The highest BCUT2D eigenvalue weighted by molar-refractivity contribution is 5.79. The maximum atomic E-state index is 4.38. The van der Waals surface area contributed by atoms with Gasteiger partial charge >= 0.3 is 0 Å². The minimum absolute atomic E-state index is 0.284. The third-order valence-corrected chi connectivity index (χ3v) is 3.95. The molecule has 0 bridgehead atoms. The standard InChI is InChI=1S/C17H22N4/c1-14(17-19-10-13-20(17)2)18-9-5-11-21-12-8-15-6-3-4-7-16(15)21/h3-4,6-8,10,12-14,18H,5,9,11H2,1-2H3. The van der Waals surface area contributed by atoms with Crippen molar-refractivity contribution in [2.75, 3.05) is 6.54 Å². The lowest BCUT2D eigenvalue weighted by Crippen LogP contribution is -2.23. The van der Waals surface area contributed by atoms with Crippen molar-refractivity contribution in [3.63, 3.8) is 0 Å². The van der Waals surface area contributed by atoms with Crippen LogP contribution in [-0.2, 0) is 13.6 Å². The molecular formula is C17H22N4. The summed E-state index contributed by atoms with van der Waals surface area (Å²) < 4.78 is 4.39. The molecule has 2 heterocycles. The Morgan fingerprint density at radius 2 is 2.05 bits per heavy atom. The van der Waals surface area contributed by atoms with E-state index in [1.807, 2.05) is 19.4 Å². The van der Waals surface area contributed by atoms with Crippen LogP contribution in [0.25, 0.3) is 10.9 Å². The summed E-state index contributed by atoms with van der Waals surface area (Å²) in [4.78, 5) is 4.38. The molecular weight excluding hydrogens is 260 g/mol. The molecule has 0 spiro atoms. The molecule has 0 aliphatic rings. The van der Waals surface area contributed by atoms with Crippen LogP contribution in [0.5, 0.6) is 0 Å². The van der Waals surface area contributed by atoms with Gasteiger partial charge < -0.3 is 14.5 Å². The van der Waals surface area contributed by atoms with Gasteiger partial charge in [0, 0.05) is 37.7 Å². The van der Waals surface area contributed by atoms with Crippen molar-refractivity contribution in [2.45, 2.75) is 25.9 Å². The fourth-order valence-corrected chi connectivity index (χ4v) is 2.79. The Bertz CT molecular complexity index is 710. The quantitative estimate of drug-likeness (QED) is 0.705. The van der Waals surface area contributed by atoms with Gasteiger partial charge in [-0.1, -0.05) is 18.2 Å². The number of benzene rings is 1. The summed E-state index contributed by atoms with van der Waals surface area (Å²) in [5, 5.41) is 4.85. The van der Waals surface area contributed by atoms with Gasteiger partial charge in [-0.3, -0.25) is 0 Å². The summed E-state index contributed by atoms with van der Waals surface area (Å²) >= 11 is 0. The van der Waals surface area contributed by atoms with Crippen molar-refractivity contribution in [1.29, 1.82) is 0 Å². The Morgan fingerprint density at radius 1 is 1.19 bits per heavy atom. The van der Waals surface area contributed by atoms with Gasteiger partial charge in [-0.15, -0.1) is 0 Å². The van der Waals surface area contributed by atoms with Crippen LogP contribution in [0.1, 0.15) is 25.2 Å². The number of nitrogens with one attached hydrogen (secondary N) is 1. The minimum atomic E-state index is 0.284. The largest absolute Gasteiger partial charge is 0.347 e. The van der Waals surface area contributed by atoms with Gasteiger partial charge in [-0.05, 0) is 37.4 Å². The van der Waals surface area contributed by atoms with Crippen molar-refractivity contribution in [2.24, 2.45) is 7.05 Å². The number of hydrogen-bond acceptors (Lipinski definition) is 2. The number of hydrogen-bond donors (Lipinski definition) is 1. The van der Waals surface area contributed by atoms with Crippen LogP contribution in [0, 0.1) is 0 Å². The first-order valence-electron chi connectivity index (χ1n) is 7.50. The van der Waals surface area contributed by atoms with E-state index >= 15 is 0 Å². The zero-order chi connectivity index (χ0) is 14.7. The van der Waals surface area contributed by atoms with Crippen molar-refractivity contribution < 1.29 is 0 Å². The molecule has 4 heteroatoms. The summed E-state index contributed by atoms with van der Waals surface area (Å²) in [6.45, 7) is 4.18. The van der Waals surface area contributed by atoms with E-state index in [4.69, 9.17) is 0 Å². The number of imidazole rings is 1. The van der Waals surface area contributed by atoms with Gasteiger partial charge in [0.15, 0.2) is 0 Å². The Kier molecular flexibility index (Phi) is 4.06. The van der Waals surface area contributed by atoms with E-state index in [9.17, 15) is 0 Å². The third-order valence-electron chi connectivity index (χ3n) is 3.95. The first kappa shape index (κ1) is 13.9. The molecule has 0 aliphatic carbocycles. The molecule has 0 saturated carbocycles. The predicted molar refractivity (Wildman–Crippen MR) is 86.2 cm³/mol. The van der Waals surface area contributed by atoms with Crippen LogP contribution in [-0.4, -0.2) is 20.7 Å². The summed E-state index contributed by atoms with van der Waals surface area (Å²) in [6.07, 6.45) is 7.11. The molecule has 0 radical (unpaired) electrons. The Hall–Kier alpha value is -2.07. The highest BCUT2D eigenvalue weighted by Crippen LogP contribution is 2.15. The molecule has 1 atom stereocenters. The smallest absolute Gasteiger partial charge is 0.125 e. The van der Waals surface area contributed by atoms with Crippen molar-refractivity contribution in [3.05, 3.63) is 54.7 Å². The van der Waals surface area contributed by atoms with E-state index in [1.165, 1.54) is 10.9 Å². The van der Waals surface area contributed by atoms with E-state index in [1.54, 1.807) is 0 Å². The lowest BCUT2D eigenvalue weighted by atomic mass is 10.2. The summed E-state index contributed by atoms with van der Waals surface area (Å²) in [5.74, 6) is 1.08. The van der Waals surface area contributed by atoms with Crippen LogP contribution < -0.4 is 5.32 Å². The van der Waals surface area contributed by atoms with Gasteiger partial charge in [0.1, 0.15) is 5.82 Å². The van der Waals surface area contributed by atoms with Gasteiger partial charge in [-0.2, -0.15) is 0 Å². The van der Waals surface area contributed by atoms with Gasteiger partial charge in [-0.25, -0.2) is 4.98 Å². The van der Waals surface area contributed by atoms with E-state index in [-0.39, 0.29) is 6.04 Å². The molecule has 1 unspecified atom stereocenters. The Morgan fingerprint density at radius 3 is 2.86 bits per heavy atom. The maximum absolute atomic E-state index is 4.38. The molecule has 0 saturated heterocycles. The van der Waals surface area contributed by atoms with E-state index in [0.717, 1.165) is 25.3 Å². The van der Waals surface area contributed by atoms with Crippen molar-refractivity contribution in [1.82, 2.24) is 19.4 Å². The van der Waals surface area contributed by atoms with Gasteiger partial charge in [0.2, 0.25) is 0 Å². The minimum Gasteiger partial charge on any atom is -0.347 e. The Balaban J connectivity index is 1.51. The second-order valence-corrected chi connectivity index (χ2v) is 5.49. The van der Waals surface area contributed by atoms with Crippen molar-refractivity contribution >= 4 is 10.9 Å². The van der Waals surface area contributed by atoms with Crippen LogP contribution in [0.15, 0.2) is 48.9 Å². The van der Waals surface area contributed by atoms with E-state index < -0.39 is 0 Å². The topological polar surface area (TPSA) is 34.8 Å². The molecule has 1 aromatic carbocycles. The molecule has 0 aliphatic heterocycles. The summed E-state index contributed by atoms with van der Waals surface area (Å²) in [5.41, 5.74) is 1.31. The first-order chi connectivity index (χ1) is 10.3. The zero-order valence-electron chi connectivity index (χ0n) is 12.7. The molecule has 0 fully saturated rings. The number of aryl methyl sites for hydroxylation is 2. The van der Waals surface area contributed by atoms with Crippen LogP contribution in [0.4, 0.5) is 0 Å². The lowest BCUT2D eigenvalue weighted by Gasteiger charge is -2.14. The molecule has 1 N–H and O–H groups in total. The number of para-hydroxylation sites is 1. The summed E-state index contributed by atoms with van der Waals surface area (Å²) in [6, 6.07) is 11.0. The van der Waals surface area contributed by atoms with Crippen LogP contribution in [0.2, 0.25) is 0 Å². The van der Waals surface area contributed by atoms with E-state index in [2.05, 4.69) is 62.9 Å². The third kappa shape index (κ3) is 3.00. The molecule has 0 amide bonds. The molecule has 4 nitrogen and oxygen atoms in total. The second kappa shape index (κ2) is 6.14. The molecule has 21 heavy (non-hydrogen) atoms. The van der Waals surface area contributed by atoms with Crippen LogP contribution >= 0.6 is 0 Å². The lowest BCUT2D eigenvalue weighted by molar-refractivity contribution is 0.503. The number of aromatic nitrogens is 3. The molecule has 3 aromatic rings. The van der Waals surface area contributed by atoms with Crippen LogP contribution in [0.3, 0.4) is 0 Å². The molecule has 110 valence electrons. The second-order valence-electron chi connectivity index (χ2n) is 5.49. The highest BCUT2D eigenvalue weighted by Gasteiger charge is 2.08. The monoisotopic (exact) mass is 282 g/mol. The Labute approximate surface area is 125 Å². The molecule has 3 rings (SSSR count). The average Bonchev–Trinajstić information content (AvgIpc) is 3.10. The summed E-state index contributed by atoms with van der Waals surface area (Å²) in [7, 11) is 2.03. The maximum Gasteiger partial charge on any atom is 0.125 e. The fraction of sp³-hybridized carbons (Fsp3) is 0.353. The highest BCUT2D eigenvalue weighted by atomic mass is 15.1. The predicted octanol–water partition coefficient (Wildman–Crippen LogP) is 3.12. The zero-order valence-corrected chi connectivity index (χ0v) is 12.7. The number of nitrogens with zero attached hydrogens (tertiary/aromatic N) is 3. The number of fused-ring (bicyclic) bond motifs is 1. The SMILES string of the molecule is CC(NCCCn1ccc2ccccc21)c1nccn1C. The molecule has 2 aromatic heterocycles. The first-order valence-corrected chi connectivity index (χ1v) is 7.50. The van der Waals surface area contributed by atoms with Gasteiger partial charge in [0.25, 0.3) is 0 Å². The van der Waals surface area contributed by atoms with Gasteiger partial charge in [0.05, 0.1) is 6.04 Å². The normalized spacial score (nSPS) is 12.9. The van der Waals surface area contributed by atoms with E-state index in [0.29, 0.717) is 0 Å². The van der Waals surface area contributed by atoms with Crippen molar-refractivity contribution in [3.8, 4) is 0 Å². The average molecular weight is 282 g/mol. The fourth-order valence-electron chi connectivity index (χ4n) is 2.79.